The predicted molar refractivity (Wildman–Crippen MR) is 115 cm³/mol. The van der Waals surface area contributed by atoms with Crippen molar-refractivity contribution in [2.45, 2.75) is 13.0 Å². The van der Waals surface area contributed by atoms with Crippen molar-refractivity contribution in [1.82, 2.24) is 0 Å². The highest BCUT2D eigenvalue weighted by molar-refractivity contribution is 6.03. The lowest BCUT2D eigenvalue weighted by atomic mass is 10.1. The van der Waals surface area contributed by atoms with E-state index in [9.17, 15) is 4.79 Å². The molecular formula is C25H21NO2. The minimum absolute atomic E-state index is 0.177. The first-order valence-electron chi connectivity index (χ1n) is 9.31. The molecule has 0 spiro atoms. The lowest BCUT2D eigenvalue weighted by molar-refractivity contribution is -0.122. The van der Waals surface area contributed by atoms with Crippen molar-refractivity contribution < 1.29 is 9.53 Å². The van der Waals surface area contributed by atoms with Crippen LogP contribution in [-0.4, -0.2) is 12.0 Å². The summed E-state index contributed by atoms with van der Waals surface area (Å²) in [5, 5.41) is 5.08. The number of rotatable bonds is 5. The molecule has 0 heterocycles. The lowest BCUT2D eigenvalue weighted by Crippen LogP contribution is -2.30. The van der Waals surface area contributed by atoms with E-state index in [1.165, 1.54) is 0 Å². The first kappa shape index (κ1) is 17.8. The fourth-order valence-corrected chi connectivity index (χ4v) is 3.18. The van der Waals surface area contributed by atoms with Gasteiger partial charge in [-0.15, -0.1) is 0 Å². The van der Waals surface area contributed by atoms with Gasteiger partial charge in [0.2, 0.25) is 0 Å². The van der Waals surface area contributed by atoms with E-state index in [1.807, 2.05) is 84.9 Å². The zero-order chi connectivity index (χ0) is 19.3. The topological polar surface area (TPSA) is 38.3 Å². The average Bonchev–Trinajstić information content (AvgIpc) is 2.75. The molecule has 4 aromatic rings. The summed E-state index contributed by atoms with van der Waals surface area (Å²) < 4.78 is 5.84. The van der Waals surface area contributed by atoms with E-state index in [0.29, 0.717) is 5.75 Å². The quantitative estimate of drug-likeness (QED) is 0.476. The van der Waals surface area contributed by atoms with Gasteiger partial charge in [0.15, 0.2) is 6.10 Å². The van der Waals surface area contributed by atoms with Gasteiger partial charge in [-0.3, -0.25) is 4.79 Å². The molecule has 0 aliphatic heterocycles. The van der Waals surface area contributed by atoms with Gasteiger partial charge in [0.1, 0.15) is 5.75 Å². The second kappa shape index (κ2) is 7.97. The minimum atomic E-state index is -0.610. The fourth-order valence-electron chi connectivity index (χ4n) is 3.18. The third-order valence-electron chi connectivity index (χ3n) is 4.69. The Bertz CT molecular complexity index is 1080. The summed E-state index contributed by atoms with van der Waals surface area (Å²) in [6, 6.07) is 31.8. The highest BCUT2D eigenvalue weighted by atomic mass is 16.5. The first-order chi connectivity index (χ1) is 13.7. The van der Waals surface area contributed by atoms with Crippen molar-refractivity contribution in [3.8, 4) is 16.9 Å². The zero-order valence-corrected chi connectivity index (χ0v) is 15.6. The van der Waals surface area contributed by atoms with Crippen LogP contribution in [0.5, 0.6) is 5.75 Å². The highest BCUT2D eigenvalue weighted by Gasteiger charge is 2.16. The summed E-state index contributed by atoms with van der Waals surface area (Å²) in [6.45, 7) is 1.76. The fraction of sp³-hybridized carbons (Fsp3) is 0.0800. The Morgan fingerprint density at radius 2 is 1.39 bits per heavy atom. The van der Waals surface area contributed by atoms with E-state index >= 15 is 0 Å². The van der Waals surface area contributed by atoms with Crippen molar-refractivity contribution >= 4 is 22.4 Å². The third-order valence-corrected chi connectivity index (χ3v) is 4.69. The molecule has 0 aliphatic carbocycles. The maximum Gasteiger partial charge on any atom is 0.265 e. The maximum absolute atomic E-state index is 12.6. The Kier molecular flexibility index (Phi) is 5.07. The molecular weight excluding hydrogens is 346 g/mol. The molecule has 0 bridgehead atoms. The van der Waals surface area contributed by atoms with Crippen LogP contribution >= 0.6 is 0 Å². The first-order valence-corrected chi connectivity index (χ1v) is 9.31. The van der Waals surface area contributed by atoms with Crippen molar-refractivity contribution in [2.24, 2.45) is 0 Å². The standard InChI is InChI=1S/C25H21NO2/c1-18(25(27)26-24-13-7-11-21-10-5-6-12-23(21)24)28-22-16-14-20(15-17-22)19-8-3-2-4-9-19/h2-18H,1H3,(H,26,27). The van der Waals surface area contributed by atoms with Crippen molar-refractivity contribution in [1.29, 1.82) is 0 Å². The molecule has 138 valence electrons. The van der Waals surface area contributed by atoms with Crippen molar-refractivity contribution in [3.63, 3.8) is 0 Å². The van der Waals surface area contributed by atoms with Gasteiger partial charge in [0, 0.05) is 11.1 Å². The molecule has 1 unspecified atom stereocenters. The van der Waals surface area contributed by atoms with Gasteiger partial charge in [-0.25, -0.2) is 0 Å². The number of hydrogen-bond acceptors (Lipinski definition) is 2. The van der Waals surface area contributed by atoms with Gasteiger partial charge in [0.05, 0.1) is 0 Å². The molecule has 1 atom stereocenters. The number of benzene rings is 4. The highest BCUT2D eigenvalue weighted by Crippen LogP contribution is 2.25. The molecule has 3 heteroatoms. The molecule has 4 rings (SSSR count). The van der Waals surface area contributed by atoms with E-state index in [4.69, 9.17) is 4.74 Å². The molecule has 1 amide bonds. The van der Waals surface area contributed by atoms with Crippen LogP contribution in [0.25, 0.3) is 21.9 Å². The number of carbonyl (C=O) groups is 1. The molecule has 1 N–H and O–H groups in total. The third kappa shape index (κ3) is 3.89. The molecule has 0 fully saturated rings. The Balaban J connectivity index is 1.44. The van der Waals surface area contributed by atoms with Crippen LogP contribution in [0.3, 0.4) is 0 Å². The summed E-state index contributed by atoms with van der Waals surface area (Å²) in [6.07, 6.45) is -0.610. The summed E-state index contributed by atoms with van der Waals surface area (Å²) >= 11 is 0. The summed E-state index contributed by atoms with van der Waals surface area (Å²) in [7, 11) is 0. The van der Waals surface area contributed by atoms with Gasteiger partial charge in [-0.1, -0.05) is 78.9 Å². The smallest absolute Gasteiger partial charge is 0.265 e. The van der Waals surface area contributed by atoms with Crippen LogP contribution in [-0.2, 0) is 4.79 Å². The number of nitrogens with one attached hydrogen (secondary N) is 1. The largest absolute Gasteiger partial charge is 0.481 e. The van der Waals surface area contributed by atoms with Gasteiger partial charge in [-0.2, -0.15) is 0 Å². The van der Waals surface area contributed by atoms with Crippen LogP contribution < -0.4 is 10.1 Å². The van der Waals surface area contributed by atoms with Gasteiger partial charge < -0.3 is 10.1 Å². The van der Waals surface area contributed by atoms with Crippen LogP contribution in [0.2, 0.25) is 0 Å². The summed E-state index contributed by atoms with van der Waals surface area (Å²) in [5.74, 6) is 0.490. The number of carbonyl (C=O) groups excluding carboxylic acids is 1. The van der Waals surface area contributed by atoms with E-state index < -0.39 is 6.10 Å². The van der Waals surface area contributed by atoms with E-state index in [0.717, 1.165) is 27.6 Å². The summed E-state index contributed by atoms with van der Waals surface area (Å²) in [4.78, 5) is 12.6. The predicted octanol–water partition coefficient (Wildman–Crippen LogP) is 5.91. The SMILES string of the molecule is CC(Oc1ccc(-c2ccccc2)cc1)C(=O)Nc1cccc2ccccc12. The van der Waals surface area contributed by atoms with Crippen LogP contribution in [0.4, 0.5) is 5.69 Å². The van der Waals surface area contributed by atoms with Gasteiger partial charge in [0.25, 0.3) is 5.91 Å². The Morgan fingerprint density at radius 3 is 2.18 bits per heavy atom. The van der Waals surface area contributed by atoms with Crippen LogP contribution in [0, 0.1) is 0 Å². The molecule has 0 aliphatic rings. The molecule has 0 saturated heterocycles. The van der Waals surface area contributed by atoms with Crippen molar-refractivity contribution in [3.05, 3.63) is 97.1 Å². The number of fused-ring (bicyclic) bond motifs is 1. The van der Waals surface area contributed by atoms with E-state index in [1.54, 1.807) is 6.92 Å². The number of ether oxygens (including phenoxy) is 1. The summed E-state index contributed by atoms with van der Waals surface area (Å²) in [5.41, 5.74) is 3.05. The molecule has 0 radical (unpaired) electrons. The van der Waals surface area contributed by atoms with Crippen LogP contribution in [0.15, 0.2) is 97.1 Å². The number of hydrogen-bond donors (Lipinski definition) is 1. The van der Waals surface area contributed by atoms with Crippen LogP contribution in [0.1, 0.15) is 6.92 Å². The Labute approximate surface area is 164 Å². The second-order valence-electron chi connectivity index (χ2n) is 6.67. The number of amides is 1. The lowest BCUT2D eigenvalue weighted by Gasteiger charge is -2.16. The second-order valence-corrected chi connectivity index (χ2v) is 6.67. The molecule has 28 heavy (non-hydrogen) atoms. The molecule has 0 saturated carbocycles. The zero-order valence-electron chi connectivity index (χ0n) is 15.6. The normalized spacial score (nSPS) is 11.8. The maximum atomic E-state index is 12.6. The van der Waals surface area contributed by atoms with Crippen molar-refractivity contribution in [2.75, 3.05) is 5.32 Å². The molecule has 0 aromatic heterocycles. The van der Waals surface area contributed by atoms with Gasteiger partial charge in [-0.05, 0) is 41.6 Å². The van der Waals surface area contributed by atoms with E-state index in [2.05, 4.69) is 17.4 Å². The Hall–Kier alpha value is -3.59. The average molecular weight is 367 g/mol. The number of anilines is 1. The molecule has 4 aromatic carbocycles. The Morgan fingerprint density at radius 1 is 0.750 bits per heavy atom. The van der Waals surface area contributed by atoms with E-state index in [-0.39, 0.29) is 5.91 Å². The minimum Gasteiger partial charge on any atom is -0.481 e. The van der Waals surface area contributed by atoms with Gasteiger partial charge >= 0.3 is 0 Å². The monoisotopic (exact) mass is 367 g/mol. The molecule has 3 nitrogen and oxygen atoms in total.